The van der Waals surface area contributed by atoms with Crippen LogP contribution in [0.25, 0.3) is 0 Å². The van der Waals surface area contributed by atoms with Crippen molar-refractivity contribution in [3.8, 4) is 0 Å². The molecule has 0 saturated carbocycles. The molecule has 2 heterocycles. The Morgan fingerprint density at radius 3 is 2.21 bits per heavy atom. The average Bonchev–Trinajstić information content (AvgIpc) is 3.05. The van der Waals surface area contributed by atoms with Gasteiger partial charge in [0.05, 0.1) is 24.3 Å². The van der Waals surface area contributed by atoms with Crippen molar-refractivity contribution < 1.29 is 18.0 Å². The largest absolute Gasteiger partial charge is 0.333 e. The zero-order valence-electron chi connectivity index (χ0n) is 18.1. The Hall–Kier alpha value is -1.41. The Balaban J connectivity index is 2.20. The highest BCUT2D eigenvalue weighted by molar-refractivity contribution is 7.88. The van der Waals surface area contributed by atoms with Crippen molar-refractivity contribution in [2.24, 2.45) is 11.8 Å². The van der Waals surface area contributed by atoms with Crippen LogP contribution in [0.2, 0.25) is 0 Å². The van der Waals surface area contributed by atoms with Gasteiger partial charge in [0.25, 0.3) is 0 Å². The van der Waals surface area contributed by atoms with E-state index in [-0.39, 0.29) is 23.8 Å². The van der Waals surface area contributed by atoms with Crippen molar-refractivity contribution in [2.75, 3.05) is 19.3 Å². The van der Waals surface area contributed by atoms with Gasteiger partial charge in [0.15, 0.2) is 0 Å². The maximum atomic E-state index is 12.9. The Bertz CT molecular complexity index is 722. The highest BCUT2D eigenvalue weighted by Crippen LogP contribution is 2.41. The van der Waals surface area contributed by atoms with Crippen LogP contribution >= 0.6 is 0 Å². The van der Waals surface area contributed by atoms with Crippen molar-refractivity contribution in [3.63, 3.8) is 0 Å². The first-order chi connectivity index (χ1) is 12.9. The van der Waals surface area contributed by atoms with Crippen LogP contribution in [-0.4, -0.2) is 77.8 Å². The first kappa shape index (κ1) is 22.9. The van der Waals surface area contributed by atoms with Gasteiger partial charge in [-0.1, -0.05) is 19.9 Å². The molecule has 0 aliphatic carbocycles. The van der Waals surface area contributed by atoms with Crippen LogP contribution in [0.3, 0.4) is 0 Å². The smallest absolute Gasteiger partial charge is 0.246 e. The van der Waals surface area contributed by atoms with Gasteiger partial charge in [-0.2, -0.15) is 0 Å². The van der Waals surface area contributed by atoms with Crippen LogP contribution < -0.4 is 0 Å². The molecule has 2 fully saturated rings. The molecule has 2 amide bonds. The maximum absolute atomic E-state index is 12.9. The third-order valence-corrected chi connectivity index (χ3v) is 7.02. The normalized spacial score (nSPS) is 26.0. The zero-order chi connectivity index (χ0) is 21.4. The van der Waals surface area contributed by atoms with Gasteiger partial charge in [-0.3, -0.25) is 14.5 Å². The van der Waals surface area contributed by atoms with Gasteiger partial charge in [-0.05, 0) is 40.0 Å². The summed E-state index contributed by atoms with van der Waals surface area (Å²) in [4.78, 5) is 29.7. The summed E-state index contributed by atoms with van der Waals surface area (Å²) in [5, 5.41) is 0. The quantitative estimate of drug-likeness (QED) is 0.594. The molecule has 8 heteroatoms. The standard InChI is InChI=1S/C20H35N3O4S/c1-13(2)18-19-16(23(20(18)25)28(7,26)27)10-12-22(19)17(24)9-8-11-21(14(3)4)15(5)6/h8-9,13-16,18-19H,10-12H2,1-7H3/t16-,18+,19-/m0/s1. The molecule has 2 rings (SSSR count). The summed E-state index contributed by atoms with van der Waals surface area (Å²) < 4.78 is 25.4. The van der Waals surface area contributed by atoms with Crippen molar-refractivity contribution in [1.29, 1.82) is 0 Å². The van der Waals surface area contributed by atoms with Gasteiger partial charge in [0.1, 0.15) is 0 Å². The van der Waals surface area contributed by atoms with E-state index in [4.69, 9.17) is 0 Å². The summed E-state index contributed by atoms with van der Waals surface area (Å²) in [6, 6.07) is -0.0882. The van der Waals surface area contributed by atoms with Gasteiger partial charge in [0.2, 0.25) is 21.8 Å². The Morgan fingerprint density at radius 1 is 1.18 bits per heavy atom. The van der Waals surface area contributed by atoms with E-state index >= 15 is 0 Å². The Morgan fingerprint density at radius 2 is 1.75 bits per heavy atom. The topological polar surface area (TPSA) is 78.0 Å². The second kappa shape index (κ2) is 8.53. The molecule has 0 radical (unpaired) electrons. The van der Waals surface area contributed by atoms with Crippen molar-refractivity contribution in [1.82, 2.24) is 14.1 Å². The average molecular weight is 414 g/mol. The number of amides is 2. The lowest BCUT2D eigenvalue weighted by atomic mass is 9.88. The molecule has 2 saturated heterocycles. The summed E-state index contributed by atoms with van der Waals surface area (Å²) in [6.45, 7) is 13.5. The minimum Gasteiger partial charge on any atom is -0.333 e. The molecule has 28 heavy (non-hydrogen) atoms. The van der Waals surface area contributed by atoms with Crippen LogP contribution in [0.4, 0.5) is 0 Å². The molecule has 7 nitrogen and oxygen atoms in total. The van der Waals surface area contributed by atoms with E-state index in [0.29, 0.717) is 31.6 Å². The minimum absolute atomic E-state index is 0.0403. The minimum atomic E-state index is -3.65. The lowest BCUT2D eigenvalue weighted by Gasteiger charge is -2.30. The molecule has 0 aromatic heterocycles. The van der Waals surface area contributed by atoms with E-state index in [2.05, 4.69) is 32.6 Å². The van der Waals surface area contributed by atoms with E-state index < -0.39 is 22.0 Å². The lowest BCUT2D eigenvalue weighted by Crippen LogP contribution is -2.43. The van der Waals surface area contributed by atoms with Crippen LogP contribution in [0, 0.1) is 11.8 Å². The molecule has 3 atom stereocenters. The number of rotatable bonds is 7. The number of carbonyl (C=O) groups excluding carboxylic acids is 2. The Labute approximate surface area is 169 Å². The van der Waals surface area contributed by atoms with E-state index in [1.54, 1.807) is 11.0 Å². The molecule has 0 N–H and O–H groups in total. The summed E-state index contributed by atoms with van der Waals surface area (Å²) in [6.07, 6.45) is 5.01. The zero-order valence-corrected chi connectivity index (χ0v) is 18.9. The van der Waals surface area contributed by atoms with E-state index in [1.165, 1.54) is 0 Å². The number of carbonyl (C=O) groups is 2. The summed E-state index contributed by atoms with van der Waals surface area (Å²) in [5.74, 6) is -1.04. The molecular weight excluding hydrogens is 378 g/mol. The SMILES string of the molecule is CC(C)[C@H]1C(=O)N(S(C)(=O)=O)[C@H]2CCN(C(=O)C=CCN(C(C)C)C(C)C)[C@H]12. The van der Waals surface area contributed by atoms with Gasteiger partial charge in [-0.15, -0.1) is 0 Å². The molecule has 2 aliphatic heterocycles. The first-order valence-corrected chi connectivity index (χ1v) is 12.0. The van der Waals surface area contributed by atoms with Gasteiger partial charge >= 0.3 is 0 Å². The van der Waals surface area contributed by atoms with E-state index in [0.717, 1.165) is 10.6 Å². The molecule has 0 bridgehead atoms. The first-order valence-electron chi connectivity index (χ1n) is 10.1. The van der Waals surface area contributed by atoms with Crippen LogP contribution in [0.15, 0.2) is 12.2 Å². The molecule has 0 aromatic carbocycles. The van der Waals surface area contributed by atoms with Crippen molar-refractivity contribution >= 4 is 21.8 Å². The second-order valence-electron chi connectivity index (χ2n) is 8.83. The fourth-order valence-electron chi connectivity index (χ4n) is 4.68. The third-order valence-electron chi connectivity index (χ3n) is 5.85. The van der Waals surface area contributed by atoms with Gasteiger partial charge in [-0.25, -0.2) is 12.7 Å². The fourth-order valence-corrected chi connectivity index (χ4v) is 5.85. The highest BCUT2D eigenvalue weighted by atomic mass is 32.2. The number of fused-ring (bicyclic) bond motifs is 1. The number of hydrogen-bond acceptors (Lipinski definition) is 5. The predicted molar refractivity (Wildman–Crippen MR) is 110 cm³/mol. The number of nitrogens with zero attached hydrogens (tertiary/aromatic N) is 3. The van der Waals surface area contributed by atoms with Gasteiger partial charge < -0.3 is 4.90 Å². The number of hydrogen-bond donors (Lipinski definition) is 0. The molecule has 0 aromatic rings. The van der Waals surface area contributed by atoms with Crippen molar-refractivity contribution in [2.45, 2.75) is 72.1 Å². The Kier molecular flexibility index (Phi) is 6.97. The highest BCUT2D eigenvalue weighted by Gasteiger charge is 2.58. The second-order valence-corrected chi connectivity index (χ2v) is 10.7. The maximum Gasteiger partial charge on any atom is 0.246 e. The summed E-state index contributed by atoms with van der Waals surface area (Å²) in [7, 11) is -3.65. The predicted octanol–water partition coefficient (Wildman–Crippen LogP) is 1.70. The molecule has 2 aliphatic rings. The number of sulfonamides is 1. The molecule has 0 spiro atoms. The molecule has 0 unspecified atom stereocenters. The fraction of sp³-hybridized carbons (Fsp3) is 0.800. The third kappa shape index (κ3) is 4.43. The number of likely N-dealkylation sites (tertiary alicyclic amines) is 1. The van der Waals surface area contributed by atoms with Crippen LogP contribution in [-0.2, 0) is 19.6 Å². The monoisotopic (exact) mass is 413 g/mol. The van der Waals surface area contributed by atoms with Crippen LogP contribution in [0.1, 0.15) is 48.0 Å². The lowest BCUT2D eigenvalue weighted by molar-refractivity contribution is -0.131. The molecule has 160 valence electrons. The van der Waals surface area contributed by atoms with Crippen LogP contribution in [0.5, 0.6) is 0 Å². The molecular formula is C20H35N3O4S. The summed E-state index contributed by atoms with van der Waals surface area (Å²) >= 11 is 0. The van der Waals surface area contributed by atoms with Crippen molar-refractivity contribution in [3.05, 3.63) is 12.2 Å². The summed E-state index contributed by atoms with van der Waals surface area (Å²) in [5.41, 5.74) is 0. The van der Waals surface area contributed by atoms with Gasteiger partial charge in [0, 0.05) is 31.2 Å². The van der Waals surface area contributed by atoms with E-state index in [1.807, 2.05) is 19.9 Å². The van der Waals surface area contributed by atoms with E-state index in [9.17, 15) is 18.0 Å².